The van der Waals surface area contributed by atoms with Gasteiger partial charge in [0.1, 0.15) is 11.1 Å². The third kappa shape index (κ3) is 3.81. The number of thioether (sulfide) groups is 1. The van der Waals surface area contributed by atoms with Crippen LogP contribution in [-0.4, -0.2) is 24.2 Å². The quantitative estimate of drug-likeness (QED) is 0.813. The molecule has 2 aromatic rings. The van der Waals surface area contributed by atoms with E-state index >= 15 is 0 Å². The highest BCUT2D eigenvalue weighted by molar-refractivity contribution is 8.00. The fourth-order valence-electron chi connectivity index (χ4n) is 3.21. The first kappa shape index (κ1) is 17.9. The molecule has 5 nitrogen and oxygen atoms in total. The van der Waals surface area contributed by atoms with Gasteiger partial charge in [-0.3, -0.25) is 14.5 Å². The van der Waals surface area contributed by atoms with Crippen LogP contribution in [0.4, 0.5) is 11.4 Å². The number of amides is 2. The summed E-state index contributed by atoms with van der Waals surface area (Å²) in [7, 11) is 0. The molecule has 0 unspecified atom stereocenters. The van der Waals surface area contributed by atoms with Crippen LogP contribution in [0.1, 0.15) is 30.7 Å². The normalized spacial score (nSPS) is 19.2. The number of hydrogen-bond donors (Lipinski definition) is 1. The van der Waals surface area contributed by atoms with Gasteiger partial charge in [0.15, 0.2) is 0 Å². The summed E-state index contributed by atoms with van der Waals surface area (Å²) in [5.74, 6) is 1.48. The zero-order valence-corrected chi connectivity index (χ0v) is 16.0. The van der Waals surface area contributed by atoms with Gasteiger partial charge in [-0.2, -0.15) is 0 Å². The van der Waals surface area contributed by atoms with Crippen LogP contribution in [0.3, 0.4) is 0 Å². The van der Waals surface area contributed by atoms with Crippen LogP contribution < -0.4 is 15.0 Å². The van der Waals surface area contributed by atoms with Crippen LogP contribution in [0.2, 0.25) is 0 Å². The molecule has 1 heterocycles. The van der Waals surface area contributed by atoms with E-state index in [4.69, 9.17) is 4.74 Å². The maximum absolute atomic E-state index is 12.6. The monoisotopic (exact) mass is 382 g/mol. The molecule has 2 aliphatic rings. The first-order valence-electron chi connectivity index (χ1n) is 9.23. The van der Waals surface area contributed by atoms with Crippen LogP contribution in [-0.2, 0) is 9.59 Å². The summed E-state index contributed by atoms with van der Waals surface area (Å²) in [5.41, 5.74) is 2.58. The zero-order valence-electron chi connectivity index (χ0n) is 15.2. The molecule has 2 fully saturated rings. The number of ether oxygens (including phenoxy) is 1. The van der Waals surface area contributed by atoms with Gasteiger partial charge in [-0.15, -0.1) is 11.8 Å². The molecule has 2 aromatic carbocycles. The smallest absolute Gasteiger partial charge is 0.238 e. The Labute approximate surface area is 163 Å². The molecule has 1 atom stereocenters. The van der Waals surface area contributed by atoms with Gasteiger partial charge in [0, 0.05) is 22.9 Å². The predicted molar refractivity (Wildman–Crippen MR) is 108 cm³/mol. The minimum Gasteiger partial charge on any atom is -0.494 e. The number of nitrogens with one attached hydrogen (secondary N) is 1. The predicted octanol–water partition coefficient (Wildman–Crippen LogP) is 4.21. The number of rotatable bonds is 6. The molecule has 1 saturated heterocycles. The molecule has 0 radical (unpaired) electrons. The number of benzene rings is 2. The van der Waals surface area contributed by atoms with Crippen molar-refractivity contribution in [2.75, 3.05) is 22.6 Å². The number of carbonyl (C=O) groups is 2. The van der Waals surface area contributed by atoms with E-state index in [1.54, 1.807) is 11.8 Å². The second-order valence-corrected chi connectivity index (χ2v) is 7.77. The molecule has 1 aliphatic heterocycles. The lowest BCUT2D eigenvalue weighted by Gasteiger charge is -2.26. The average molecular weight is 382 g/mol. The van der Waals surface area contributed by atoms with Crippen molar-refractivity contribution in [2.45, 2.75) is 25.1 Å². The lowest BCUT2D eigenvalue weighted by molar-refractivity contribution is -0.117. The summed E-state index contributed by atoms with van der Waals surface area (Å²) in [4.78, 5) is 26.7. The molecule has 0 aromatic heterocycles. The van der Waals surface area contributed by atoms with Crippen LogP contribution >= 0.6 is 11.8 Å². The Morgan fingerprint density at radius 1 is 1.19 bits per heavy atom. The van der Waals surface area contributed by atoms with Gasteiger partial charge >= 0.3 is 0 Å². The molecule has 0 spiro atoms. The van der Waals surface area contributed by atoms with Crippen molar-refractivity contribution in [3.63, 3.8) is 0 Å². The highest BCUT2D eigenvalue weighted by Crippen LogP contribution is 2.44. The molecule has 1 aliphatic carbocycles. The number of anilines is 2. The van der Waals surface area contributed by atoms with Gasteiger partial charge in [-0.1, -0.05) is 18.2 Å². The van der Waals surface area contributed by atoms with Crippen molar-refractivity contribution >= 4 is 35.0 Å². The molecular weight excluding hydrogens is 360 g/mol. The highest BCUT2D eigenvalue weighted by Gasteiger charge is 2.36. The minimum atomic E-state index is -0.161. The lowest BCUT2D eigenvalue weighted by atomic mass is 10.1. The average Bonchev–Trinajstić information content (AvgIpc) is 3.46. The Balaban J connectivity index is 1.62. The molecular formula is C21H22N2O3S. The van der Waals surface area contributed by atoms with Crippen molar-refractivity contribution in [3.05, 3.63) is 54.1 Å². The standard InChI is InChI=1S/C21H22N2O3S/c1-2-26-16-11-9-15(10-12-16)23-19(24)13-27-21(23)17-5-3-4-6-18(17)22-20(25)14-7-8-14/h3-6,9-12,14,21H,2,7-8,13H2,1H3,(H,22,25)/t21-/m0/s1. The molecule has 4 rings (SSSR count). The zero-order chi connectivity index (χ0) is 18.8. The highest BCUT2D eigenvalue weighted by atomic mass is 32.2. The Bertz CT molecular complexity index is 849. The second kappa shape index (κ2) is 7.64. The largest absolute Gasteiger partial charge is 0.494 e. The maximum atomic E-state index is 12.6. The van der Waals surface area contributed by atoms with Gasteiger partial charge < -0.3 is 10.1 Å². The van der Waals surface area contributed by atoms with Crippen molar-refractivity contribution in [2.24, 2.45) is 5.92 Å². The topological polar surface area (TPSA) is 58.6 Å². The molecule has 140 valence electrons. The van der Waals surface area contributed by atoms with E-state index in [0.29, 0.717) is 12.4 Å². The van der Waals surface area contributed by atoms with Crippen molar-refractivity contribution < 1.29 is 14.3 Å². The summed E-state index contributed by atoms with van der Waals surface area (Å²) in [6.45, 7) is 2.55. The number of hydrogen-bond acceptors (Lipinski definition) is 4. The van der Waals surface area contributed by atoms with Gasteiger partial charge in [-0.05, 0) is 50.1 Å². The van der Waals surface area contributed by atoms with Crippen molar-refractivity contribution in [1.29, 1.82) is 0 Å². The second-order valence-electron chi connectivity index (χ2n) is 6.70. The van der Waals surface area contributed by atoms with E-state index in [0.717, 1.165) is 35.5 Å². The minimum absolute atomic E-state index is 0.0671. The van der Waals surface area contributed by atoms with E-state index < -0.39 is 0 Å². The van der Waals surface area contributed by atoms with E-state index in [1.807, 2.05) is 60.4 Å². The maximum Gasteiger partial charge on any atom is 0.238 e. The Hall–Kier alpha value is -2.47. The first-order chi connectivity index (χ1) is 13.2. The summed E-state index contributed by atoms with van der Waals surface area (Å²) in [6.07, 6.45) is 1.92. The number of nitrogens with zero attached hydrogens (tertiary/aromatic N) is 1. The van der Waals surface area contributed by atoms with Gasteiger partial charge in [0.2, 0.25) is 11.8 Å². The van der Waals surface area contributed by atoms with Crippen LogP contribution in [0.15, 0.2) is 48.5 Å². The van der Waals surface area contributed by atoms with E-state index in [2.05, 4.69) is 5.32 Å². The molecule has 2 amide bonds. The SMILES string of the molecule is CCOc1ccc(N2C(=O)CS[C@H]2c2ccccc2NC(=O)C2CC2)cc1. The number of carbonyl (C=O) groups excluding carboxylic acids is 2. The van der Waals surface area contributed by atoms with Gasteiger partial charge in [0.05, 0.1) is 12.4 Å². The molecule has 1 N–H and O–H groups in total. The van der Waals surface area contributed by atoms with Gasteiger partial charge in [0.25, 0.3) is 0 Å². The van der Waals surface area contributed by atoms with Crippen LogP contribution in [0, 0.1) is 5.92 Å². The lowest BCUT2D eigenvalue weighted by Crippen LogP contribution is -2.28. The fraction of sp³-hybridized carbons (Fsp3) is 0.333. The summed E-state index contributed by atoms with van der Waals surface area (Å²) in [6, 6.07) is 15.3. The molecule has 27 heavy (non-hydrogen) atoms. The third-order valence-electron chi connectivity index (χ3n) is 4.73. The molecule has 0 bridgehead atoms. The summed E-state index contributed by atoms with van der Waals surface area (Å²) < 4.78 is 5.50. The van der Waals surface area contributed by atoms with E-state index in [-0.39, 0.29) is 23.1 Å². The first-order valence-corrected chi connectivity index (χ1v) is 10.3. The van der Waals surface area contributed by atoms with Crippen LogP contribution in [0.25, 0.3) is 0 Å². The third-order valence-corrected chi connectivity index (χ3v) is 5.92. The number of para-hydroxylation sites is 1. The van der Waals surface area contributed by atoms with E-state index in [9.17, 15) is 9.59 Å². The Morgan fingerprint density at radius 2 is 1.93 bits per heavy atom. The Kier molecular flexibility index (Phi) is 5.07. The summed E-state index contributed by atoms with van der Waals surface area (Å²) >= 11 is 1.58. The molecule has 1 saturated carbocycles. The van der Waals surface area contributed by atoms with Crippen molar-refractivity contribution in [3.8, 4) is 5.75 Å². The van der Waals surface area contributed by atoms with Crippen LogP contribution in [0.5, 0.6) is 5.75 Å². The van der Waals surface area contributed by atoms with Crippen molar-refractivity contribution in [1.82, 2.24) is 0 Å². The summed E-state index contributed by atoms with van der Waals surface area (Å²) in [5, 5.41) is 2.89. The van der Waals surface area contributed by atoms with Gasteiger partial charge in [-0.25, -0.2) is 0 Å². The fourth-order valence-corrected chi connectivity index (χ4v) is 4.42. The molecule has 6 heteroatoms. The van der Waals surface area contributed by atoms with E-state index in [1.165, 1.54) is 0 Å². The Morgan fingerprint density at radius 3 is 2.63 bits per heavy atom.